The molecule has 0 aliphatic heterocycles. The summed E-state index contributed by atoms with van der Waals surface area (Å²) in [5, 5.41) is 12.4. The molecule has 0 bridgehead atoms. The third kappa shape index (κ3) is 4.94. The number of hydrogen-bond donors (Lipinski definition) is 3. The second-order valence-electron chi connectivity index (χ2n) is 6.98. The number of carbonyl (C=O) groups is 1. The molecule has 9 heteroatoms. The zero-order valence-electron chi connectivity index (χ0n) is 16.6. The molecule has 2 aromatic carbocycles. The number of alkyl halides is 3. The van der Waals surface area contributed by atoms with Crippen LogP contribution in [0.5, 0.6) is 0 Å². The first-order valence-corrected chi connectivity index (χ1v) is 9.65. The molecule has 0 atom stereocenters. The third-order valence-corrected chi connectivity index (χ3v) is 4.77. The molecular formula is C23H18F3N5O. The smallest absolute Gasteiger partial charge is 0.334 e. The van der Waals surface area contributed by atoms with Crippen LogP contribution in [0, 0.1) is 0 Å². The van der Waals surface area contributed by atoms with Gasteiger partial charge in [0.15, 0.2) is 0 Å². The molecule has 6 nitrogen and oxygen atoms in total. The van der Waals surface area contributed by atoms with Crippen LogP contribution in [0.4, 0.5) is 23.7 Å². The number of aromatic amines is 1. The van der Waals surface area contributed by atoms with Crippen molar-refractivity contribution in [2.45, 2.75) is 12.7 Å². The van der Waals surface area contributed by atoms with Crippen molar-refractivity contribution in [1.82, 2.24) is 20.5 Å². The molecule has 0 saturated heterocycles. The van der Waals surface area contributed by atoms with E-state index in [-0.39, 0.29) is 12.2 Å². The van der Waals surface area contributed by atoms with Gasteiger partial charge in [0.1, 0.15) is 0 Å². The molecular weight excluding hydrogens is 419 g/mol. The number of urea groups is 1. The van der Waals surface area contributed by atoms with E-state index in [1.54, 1.807) is 18.6 Å². The molecule has 2 heterocycles. The normalized spacial score (nSPS) is 11.2. The molecule has 2 amide bonds. The van der Waals surface area contributed by atoms with Gasteiger partial charge in [-0.25, -0.2) is 4.79 Å². The lowest BCUT2D eigenvalue weighted by atomic mass is 10.0. The van der Waals surface area contributed by atoms with Crippen LogP contribution in [-0.2, 0) is 12.7 Å². The van der Waals surface area contributed by atoms with E-state index in [4.69, 9.17) is 0 Å². The van der Waals surface area contributed by atoms with E-state index in [1.165, 1.54) is 12.1 Å². The summed E-state index contributed by atoms with van der Waals surface area (Å²) < 4.78 is 37.9. The van der Waals surface area contributed by atoms with Crippen LogP contribution in [0.1, 0.15) is 11.1 Å². The maximum atomic E-state index is 12.6. The Hall–Kier alpha value is -4.14. The molecule has 0 spiro atoms. The fourth-order valence-electron chi connectivity index (χ4n) is 3.19. The summed E-state index contributed by atoms with van der Waals surface area (Å²) in [6.07, 6.45) is 0.744. The van der Waals surface area contributed by atoms with Crippen LogP contribution in [0.15, 0.2) is 79.3 Å². The number of nitrogens with zero attached hydrogens (tertiary/aromatic N) is 2. The SMILES string of the molecule is O=C(NCc1cccc(-c2[nH]ncc2-c2ccncc2)c1)Nc1ccc(C(F)(F)F)cc1. The van der Waals surface area contributed by atoms with E-state index < -0.39 is 17.8 Å². The average Bonchev–Trinajstić information content (AvgIpc) is 3.28. The largest absolute Gasteiger partial charge is 0.416 e. The van der Waals surface area contributed by atoms with Crippen molar-refractivity contribution in [3.63, 3.8) is 0 Å². The van der Waals surface area contributed by atoms with Crippen molar-refractivity contribution in [3.8, 4) is 22.4 Å². The quantitative estimate of drug-likeness (QED) is 0.387. The number of aromatic nitrogens is 3. The molecule has 0 fully saturated rings. The van der Waals surface area contributed by atoms with E-state index in [0.717, 1.165) is 40.1 Å². The summed E-state index contributed by atoms with van der Waals surface area (Å²) in [6, 6.07) is 15.1. The zero-order valence-corrected chi connectivity index (χ0v) is 16.6. The Morgan fingerprint density at radius 1 is 0.969 bits per heavy atom. The van der Waals surface area contributed by atoms with Gasteiger partial charge in [-0.15, -0.1) is 0 Å². The van der Waals surface area contributed by atoms with Crippen molar-refractivity contribution in [1.29, 1.82) is 0 Å². The predicted octanol–water partition coefficient (Wildman–Crippen LogP) is 5.48. The Bertz CT molecular complexity index is 1200. The number of anilines is 1. The van der Waals surface area contributed by atoms with Crippen molar-refractivity contribution in [3.05, 3.63) is 90.4 Å². The number of nitrogens with one attached hydrogen (secondary N) is 3. The van der Waals surface area contributed by atoms with Crippen LogP contribution in [0.25, 0.3) is 22.4 Å². The van der Waals surface area contributed by atoms with E-state index in [1.807, 2.05) is 36.4 Å². The standard InChI is InChI=1S/C23H18F3N5O/c24-23(25,26)18-4-6-19(7-5-18)30-22(32)28-13-15-2-1-3-17(12-15)21-20(14-29-31-21)16-8-10-27-11-9-16/h1-12,14H,13H2,(H,29,31)(H2,28,30,32). The van der Waals surface area contributed by atoms with Gasteiger partial charge in [-0.1, -0.05) is 18.2 Å². The first-order valence-electron chi connectivity index (χ1n) is 9.65. The summed E-state index contributed by atoms with van der Waals surface area (Å²) in [7, 11) is 0. The van der Waals surface area contributed by atoms with Crippen molar-refractivity contribution < 1.29 is 18.0 Å². The number of pyridine rings is 1. The van der Waals surface area contributed by atoms with Crippen molar-refractivity contribution >= 4 is 11.7 Å². The molecule has 32 heavy (non-hydrogen) atoms. The average molecular weight is 437 g/mol. The van der Waals surface area contributed by atoms with Crippen molar-refractivity contribution in [2.75, 3.05) is 5.32 Å². The van der Waals surface area contributed by atoms with E-state index in [2.05, 4.69) is 25.8 Å². The Kier molecular flexibility index (Phi) is 5.89. The molecule has 4 rings (SSSR count). The van der Waals surface area contributed by atoms with Gasteiger partial charge in [0.2, 0.25) is 0 Å². The summed E-state index contributed by atoms with van der Waals surface area (Å²) in [5.74, 6) is 0. The number of rotatable bonds is 5. The van der Waals surface area contributed by atoms with Gasteiger partial charge in [0.25, 0.3) is 0 Å². The minimum absolute atomic E-state index is 0.235. The number of benzene rings is 2. The molecule has 0 aliphatic carbocycles. The van der Waals surface area contributed by atoms with Gasteiger partial charge in [-0.3, -0.25) is 10.1 Å². The minimum atomic E-state index is -4.42. The number of carbonyl (C=O) groups excluding carboxylic acids is 1. The van der Waals surface area contributed by atoms with Crippen molar-refractivity contribution in [2.24, 2.45) is 0 Å². The molecule has 162 valence electrons. The second-order valence-corrected chi connectivity index (χ2v) is 6.98. The van der Waals surface area contributed by atoms with Crippen LogP contribution in [-0.4, -0.2) is 21.2 Å². The Labute approximate surface area is 181 Å². The summed E-state index contributed by atoms with van der Waals surface area (Å²) in [5.41, 5.74) is 3.99. The molecule has 2 aromatic heterocycles. The number of H-pyrrole nitrogens is 1. The van der Waals surface area contributed by atoms with Gasteiger partial charge in [0, 0.05) is 35.8 Å². The number of hydrogen-bond acceptors (Lipinski definition) is 3. The van der Waals surface area contributed by atoms with Crippen LogP contribution in [0.3, 0.4) is 0 Å². The van der Waals surface area contributed by atoms with Gasteiger partial charge >= 0.3 is 12.2 Å². The topological polar surface area (TPSA) is 82.7 Å². The van der Waals surface area contributed by atoms with E-state index in [9.17, 15) is 18.0 Å². The molecule has 3 N–H and O–H groups in total. The lowest BCUT2D eigenvalue weighted by Gasteiger charge is -2.11. The van der Waals surface area contributed by atoms with Gasteiger partial charge in [-0.2, -0.15) is 18.3 Å². The van der Waals surface area contributed by atoms with Gasteiger partial charge < -0.3 is 10.6 Å². The molecule has 0 saturated carbocycles. The summed E-state index contributed by atoms with van der Waals surface area (Å²) in [4.78, 5) is 16.2. The highest BCUT2D eigenvalue weighted by Gasteiger charge is 2.29. The molecule has 4 aromatic rings. The van der Waals surface area contributed by atoms with Crippen LogP contribution >= 0.6 is 0 Å². The Morgan fingerprint density at radius 3 is 2.44 bits per heavy atom. The van der Waals surface area contributed by atoms with E-state index >= 15 is 0 Å². The Balaban J connectivity index is 1.41. The lowest BCUT2D eigenvalue weighted by Crippen LogP contribution is -2.28. The van der Waals surface area contributed by atoms with Crippen LogP contribution < -0.4 is 10.6 Å². The molecule has 0 unspecified atom stereocenters. The summed E-state index contributed by atoms with van der Waals surface area (Å²) in [6.45, 7) is 0.235. The highest BCUT2D eigenvalue weighted by atomic mass is 19.4. The predicted molar refractivity (Wildman–Crippen MR) is 115 cm³/mol. The minimum Gasteiger partial charge on any atom is -0.334 e. The molecule has 0 aliphatic rings. The Morgan fingerprint density at radius 2 is 1.72 bits per heavy atom. The summed E-state index contributed by atoms with van der Waals surface area (Å²) >= 11 is 0. The fraction of sp³-hybridized carbons (Fsp3) is 0.0870. The lowest BCUT2D eigenvalue weighted by molar-refractivity contribution is -0.137. The van der Waals surface area contributed by atoms with Crippen LogP contribution in [0.2, 0.25) is 0 Å². The molecule has 0 radical (unpaired) electrons. The third-order valence-electron chi connectivity index (χ3n) is 4.77. The fourth-order valence-corrected chi connectivity index (χ4v) is 3.19. The monoisotopic (exact) mass is 437 g/mol. The highest BCUT2D eigenvalue weighted by Crippen LogP contribution is 2.31. The first-order chi connectivity index (χ1) is 15.4. The second kappa shape index (κ2) is 8.93. The van der Waals surface area contributed by atoms with Gasteiger partial charge in [-0.05, 0) is 53.6 Å². The number of amides is 2. The van der Waals surface area contributed by atoms with Gasteiger partial charge in [0.05, 0.1) is 17.5 Å². The maximum absolute atomic E-state index is 12.6. The van der Waals surface area contributed by atoms with E-state index in [0.29, 0.717) is 0 Å². The maximum Gasteiger partial charge on any atom is 0.416 e. The number of halogens is 3. The first kappa shape index (κ1) is 21.1. The zero-order chi connectivity index (χ0) is 22.6. The highest BCUT2D eigenvalue weighted by molar-refractivity contribution is 5.89.